The Kier molecular flexibility index (Phi) is 6.98. The van der Waals surface area contributed by atoms with Crippen LogP contribution in [0, 0.1) is 0 Å². The van der Waals surface area contributed by atoms with Crippen molar-refractivity contribution < 1.29 is 13.2 Å². The molecule has 1 aromatic rings. The summed E-state index contributed by atoms with van der Waals surface area (Å²) in [5.41, 5.74) is 6.74. The van der Waals surface area contributed by atoms with E-state index >= 15 is 0 Å². The Morgan fingerprint density at radius 1 is 1.29 bits per heavy atom. The lowest BCUT2D eigenvalue weighted by Gasteiger charge is -2.12. The second kappa shape index (κ2) is 8.24. The third-order valence-electron chi connectivity index (χ3n) is 2.97. The molecule has 1 aromatic carbocycles. The summed E-state index contributed by atoms with van der Waals surface area (Å²) in [4.78, 5) is 3.24. The monoisotopic (exact) mass is 316 g/mol. The van der Waals surface area contributed by atoms with Gasteiger partial charge in [-0.3, -0.25) is 4.99 Å². The van der Waals surface area contributed by atoms with Crippen LogP contribution in [0.25, 0.3) is 0 Å². The molecule has 21 heavy (non-hydrogen) atoms. The number of rotatable bonds is 7. The van der Waals surface area contributed by atoms with Crippen molar-refractivity contribution in [2.45, 2.75) is 31.7 Å². The van der Waals surface area contributed by atoms with Crippen LogP contribution in [0.1, 0.15) is 24.5 Å². The quantitative estimate of drug-likeness (QED) is 0.761. The maximum Gasteiger partial charge on any atom is 0.434 e. The van der Waals surface area contributed by atoms with E-state index in [1.54, 1.807) is 0 Å². The Hall–Kier alpha value is -1.27. The van der Waals surface area contributed by atoms with E-state index in [-0.39, 0.29) is 4.91 Å². The standard InChI is InChI=1S/C15H19F3N2S/c1-11(14(20-2)15(16,17)18)21-10-13-7-4-3-6-12(13)8-5-9-19/h3-4,6-7H,2,5,8-10,19H2,1H3/b14-11-. The van der Waals surface area contributed by atoms with Gasteiger partial charge in [-0.15, -0.1) is 11.8 Å². The van der Waals surface area contributed by atoms with E-state index in [0.29, 0.717) is 12.3 Å². The topological polar surface area (TPSA) is 38.4 Å². The molecule has 0 aliphatic heterocycles. The minimum absolute atomic E-state index is 0.131. The number of thioether (sulfide) groups is 1. The lowest BCUT2D eigenvalue weighted by Crippen LogP contribution is -2.11. The zero-order chi connectivity index (χ0) is 15.9. The number of nitrogens with two attached hydrogens (primary N) is 1. The molecule has 0 aliphatic carbocycles. The molecular formula is C15H19F3N2S. The number of hydrogen-bond donors (Lipinski definition) is 1. The lowest BCUT2D eigenvalue weighted by atomic mass is 10.0. The SMILES string of the molecule is C=N/C(=C(/C)SCc1ccccc1CCCN)C(F)(F)F. The number of halogens is 3. The van der Waals surface area contributed by atoms with Crippen molar-refractivity contribution in [1.82, 2.24) is 0 Å². The predicted molar refractivity (Wildman–Crippen MR) is 83.4 cm³/mol. The van der Waals surface area contributed by atoms with Crippen molar-refractivity contribution in [3.63, 3.8) is 0 Å². The Labute approximate surface area is 127 Å². The van der Waals surface area contributed by atoms with E-state index in [4.69, 9.17) is 5.73 Å². The lowest BCUT2D eigenvalue weighted by molar-refractivity contribution is -0.0925. The molecule has 0 spiro atoms. The number of hydrogen-bond acceptors (Lipinski definition) is 3. The first-order chi connectivity index (χ1) is 9.90. The van der Waals surface area contributed by atoms with Crippen LogP contribution in [-0.2, 0) is 12.2 Å². The second-order valence-electron chi connectivity index (χ2n) is 4.51. The maximum atomic E-state index is 12.7. The number of aliphatic imine (C=N–C) groups is 1. The molecule has 0 radical (unpaired) electrons. The summed E-state index contributed by atoms with van der Waals surface area (Å²) in [7, 11) is 0. The van der Waals surface area contributed by atoms with E-state index in [1.807, 2.05) is 24.3 Å². The van der Waals surface area contributed by atoms with Gasteiger partial charge < -0.3 is 5.73 Å². The fraction of sp³-hybridized carbons (Fsp3) is 0.400. The summed E-state index contributed by atoms with van der Waals surface area (Å²) in [6, 6.07) is 7.73. The Morgan fingerprint density at radius 2 is 1.90 bits per heavy atom. The largest absolute Gasteiger partial charge is 0.434 e. The zero-order valence-electron chi connectivity index (χ0n) is 11.9. The highest BCUT2D eigenvalue weighted by atomic mass is 32.2. The highest BCUT2D eigenvalue weighted by Crippen LogP contribution is 2.34. The molecule has 0 fully saturated rings. The van der Waals surface area contributed by atoms with Crippen LogP contribution in [0.15, 0.2) is 39.9 Å². The van der Waals surface area contributed by atoms with E-state index < -0.39 is 11.9 Å². The summed E-state index contributed by atoms with van der Waals surface area (Å²) in [6.07, 6.45) is -2.77. The molecule has 6 heteroatoms. The van der Waals surface area contributed by atoms with Gasteiger partial charge in [0.2, 0.25) is 0 Å². The van der Waals surface area contributed by atoms with Gasteiger partial charge in [-0.2, -0.15) is 13.2 Å². The fourth-order valence-corrected chi connectivity index (χ4v) is 2.86. The smallest absolute Gasteiger partial charge is 0.330 e. The van der Waals surface area contributed by atoms with Crippen molar-refractivity contribution in [2.75, 3.05) is 6.54 Å². The van der Waals surface area contributed by atoms with Crippen LogP contribution < -0.4 is 5.73 Å². The van der Waals surface area contributed by atoms with Gasteiger partial charge in [-0.05, 0) is 44.2 Å². The highest BCUT2D eigenvalue weighted by molar-refractivity contribution is 8.02. The second-order valence-corrected chi connectivity index (χ2v) is 5.70. The van der Waals surface area contributed by atoms with Crippen LogP contribution in [0.2, 0.25) is 0 Å². The molecule has 2 N–H and O–H groups in total. The fourth-order valence-electron chi connectivity index (χ4n) is 1.89. The van der Waals surface area contributed by atoms with Crippen LogP contribution >= 0.6 is 11.8 Å². The van der Waals surface area contributed by atoms with Crippen LogP contribution in [0.3, 0.4) is 0 Å². The summed E-state index contributed by atoms with van der Waals surface area (Å²) >= 11 is 1.13. The average Bonchev–Trinajstić information content (AvgIpc) is 2.43. The van der Waals surface area contributed by atoms with Gasteiger partial charge in [0.05, 0.1) is 0 Å². The summed E-state index contributed by atoms with van der Waals surface area (Å²) in [5.74, 6) is 0.474. The molecule has 116 valence electrons. The molecule has 0 unspecified atom stereocenters. The van der Waals surface area contributed by atoms with Crippen LogP contribution in [-0.4, -0.2) is 19.4 Å². The normalized spacial score (nSPS) is 13.0. The molecule has 0 aliphatic rings. The number of nitrogens with zero attached hydrogens (tertiary/aromatic N) is 1. The minimum atomic E-state index is -4.46. The van der Waals surface area contributed by atoms with Gasteiger partial charge >= 0.3 is 6.18 Å². The molecule has 0 heterocycles. The Morgan fingerprint density at radius 3 is 2.43 bits per heavy atom. The van der Waals surface area contributed by atoms with Gasteiger partial charge in [0, 0.05) is 10.7 Å². The first-order valence-corrected chi connectivity index (χ1v) is 7.53. The first kappa shape index (κ1) is 17.8. The summed E-state index contributed by atoms with van der Waals surface area (Å²) in [6.45, 7) is 5.02. The van der Waals surface area contributed by atoms with Gasteiger partial charge in [0.1, 0.15) is 0 Å². The van der Waals surface area contributed by atoms with Crippen molar-refractivity contribution in [2.24, 2.45) is 10.7 Å². The third-order valence-corrected chi connectivity index (χ3v) is 4.05. The van der Waals surface area contributed by atoms with Gasteiger partial charge in [0.15, 0.2) is 5.70 Å². The first-order valence-electron chi connectivity index (χ1n) is 6.54. The van der Waals surface area contributed by atoms with Crippen molar-refractivity contribution in [3.05, 3.63) is 46.0 Å². The maximum absolute atomic E-state index is 12.7. The summed E-state index contributed by atoms with van der Waals surface area (Å²) < 4.78 is 38.2. The van der Waals surface area contributed by atoms with E-state index in [1.165, 1.54) is 6.92 Å². The van der Waals surface area contributed by atoms with Crippen molar-refractivity contribution in [1.29, 1.82) is 0 Å². The summed E-state index contributed by atoms with van der Waals surface area (Å²) in [5, 5.41) is 0. The molecular weight excluding hydrogens is 297 g/mol. The number of benzene rings is 1. The van der Waals surface area contributed by atoms with E-state index in [2.05, 4.69) is 11.7 Å². The third kappa shape index (κ3) is 5.55. The van der Waals surface area contributed by atoms with Gasteiger partial charge in [-0.1, -0.05) is 24.3 Å². The molecule has 0 saturated heterocycles. The molecule has 2 nitrogen and oxygen atoms in total. The molecule has 0 aromatic heterocycles. The van der Waals surface area contributed by atoms with Crippen molar-refractivity contribution in [3.8, 4) is 0 Å². The number of alkyl halides is 3. The molecule has 0 amide bonds. The number of aryl methyl sites for hydroxylation is 1. The number of allylic oxidation sites excluding steroid dienone is 2. The van der Waals surface area contributed by atoms with Gasteiger partial charge in [0.25, 0.3) is 0 Å². The zero-order valence-corrected chi connectivity index (χ0v) is 12.7. The van der Waals surface area contributed by atoms with Crippen molar-refractivity contribution >= 4 is 18.5 Å². The van der Waals surface area contributed by atoms with E-state index in [0.717, 1.165) is 35.7 Å². The molecule has 0 atom stereocenters. The van der Waals surface area contributed by atoms with Crippen LogP contribution in [0.4, 0.5) is 13.2 Å². The average molecular weight is 316 g/mol. The minimum Gasteiger partial charge on any atom is -0.330 e. The van der Waals surface area contributed by atoms with E-state index in [9.17, 15) is 13.2 Å². The highest BCUT2D eigenvalue weighted by Gasteiger charge is 2.35. The molecule has 0 saturated carbocycles. The Balaban J connectivity index is 2.83. The molecule has 1 rings (SSSR count). The van der Waals surface area contributed by atoms with Gasteiger partial charge in [-0.25, -0.2) is 0 Å². The molecule has 0 bridgehead atoms. The van der Waals surface area contributed by atoms with Crippen LogP contribution in [0.5, 0.6) is 0 Å². The Bertz CT molecular complexity index is 510. The predicted octanol–water partition coefficient (Wildman–Crippen LogP) is 4.31.